The summed E-state index contributed by atoms with van der Waals surface area (Å²) in [6.45, 7) is 2.23. The molecule has 0 unspecified atom stereocenters. The van der Waals surface area contributed by atoms with Gasteiger partial charge in [0.1, 0.15) is 0 Å². The fourth-order valence-electron chi connectivity index (χ4n) is 3.10. The third kappa shape index (κ3) is 4.35. The fourth-order valence-corrected chi connectivity index (χ4v) is 3.27. The summed E-state index contributed by atoms with van der Waals surface area (Å²) in [5.41, 5.74) is 3.64. The Bertz CT molecular complexity index is 484. The summed E-state index contributed by atoms with van der Waals surface area (Å²) in [6, 6.07) is 5.34. The van der Waals surface area contributed by atoms with Crippen LogP contribution in [-0.4, -0.2) is 11.9 Å². The number of nitrogen functional groups attached to an aromatic ring is 1. The van der Waals surface area contributed by atoms with Crippen LogP contribution in [0.15, 0.2) is 18.2 Å². The highest BCUT2D eigenvalue weighted by Crippen LogP contribution is 2.28. The van der Waals surface area contributed by atoms with Crippen LogP contribution < -0.4 is 16.6 Å². The van der Waals surface area contributed by atoms with Crippen molar-refractivity contribution in [3.05, 3.63) is 28.8 Å². The molecule has 1 aliphatic rings. The number of nitrogens with two attached hydrogens (primary N) is 1. The lowest BCUT2D eigenvalue weighted by atomic mass is 9.83. The molecule has 4 N–H and O–H groups in total. The highest BCUT2D eigenvalue weighted by atomic mass is 35.5. The van der Waals surface area contributed by atoms with E-state index in [1.807, 2.05) is 0 Å². The van der Waals surface area contributed by atoms with Crippen LogP contribution in [0.4, 0.5) is 5.69 Å². The van der Waals surface area contributed by atoms with Crippen molar-refractivity contribution in [3.8, 4) is 0 Å². The predicted octanol–water partition coefficient (Wildman–Crippen LogP) is 3.71. The predicted molar refractivity (Wildman–Crippen MR) is 87.4 cm³/mol. The van der Waals surface area contributed by atoms with Crippen molar-refractivity contribution in [2.75, 3.05) is 5.43 Å². The van der Waals surface area contributed by atoms with Gasteiger partial charge in [-0.05, 0) is 49.8 Å². The minimum atomic E-state index is -0.107. The molecule has 1 saturated carbocycles. The normalized spacial score (nSPS) is 21.9. The number of hydrogen-bond donors (Lipinski definition) is 3. The maximum absolute atomic E-state index is 12.4. The quantitative estimate of drug-likeness (QED) is 0.573. The Morgan fingerprint density at radius 3 is 2.67 bits per heavy atom. The number of carbonyl (C=O) groups excluding carboxylic acids is 1. The first-order chi connectivity index (χ1) is 10.1. The average molecular weight is 310 g/mol. The molecule has 2 rings (SSSR count). The summed E-state index contributed by atoms with van der Waals surface area (Å²) in [4.78, 5) is 12.4. The number of nitrogens with one attached hydrogen (secondary N) is 2. The molecule has 1 fully saturated rings. The highest BCUT2D eigenvalue weighted by Gasteiger charge is 2.23. The molecule has 5 heteroatoms. The summed E-state index contributed by atoms with van der Waals surface area (Å²) in [5, 5.41) is 3.64. The topological polar surface area (TPSA) is 67.2 Å². The lowest BCUT2D eigenvalue weighted by molar-refractivity contribution is 0.0922. The molecule has 116 valence electrons. The highest BCUT2D eigenvalue weighted by molar-refractivity contribution is 6.31. The van der Waals surface area contributed by atoms with Gasteiger partial charge >= 0.3 is 0 Å². The standard InChI is InChI=1S/C16H24ClN3O/c1-2-3-11-4-7-13(8-5-11)19-16(21)14-10-12(17)6-9-15(14)20-18/h6,9-11,13,20H,2-5,7-8,18H2,1H3,(H,19,21). The van der Waals surface area contributed by atoms with Gasteiger partial charge in [-0.1, -0.05) is 31.4 Å². The molecule has 0 aliphatic heterocycles. The van der Waals surface area contributed by atoms with E-state index in [0.717, 1.165) is 18.8 Å². The van der Waals surface area contributed by atoms with Gasteiger partial charge in [-0.15, -0.1) is 0 Å². The number of rotatable bonds is 5. The van der Waals surface area contributed by atoms with E-state index in [2.05, 4.69) is 17.7 Å². The number of halogens is 1. The molecule has 0 aromatic heterocycles. The Morgan fingerprint density at radius 1 is 1.33 bits per heavy atom. The van der Waals surface area contributed by atoms with E-state index in [1.54, 1.807) is 18.2 Å². The second-order valence-electron chi connectivity index (χ2n) is 5.81. The third-order valence-electron chi connectivity index (χ3n) is 4.26. The number of hydrogen-bond acceptors (Lipinski definition) is 3. The molecule has 1 amide bonds. The molecule has 1 aromatic rings. The maximum atomic E-state index is 12.4. The third-order valence-corrected chi connectivity index (χ3v) is 4.50. The van der Waals surface area contributed by atoms with E-state index in [9.17, 15) is 4.79 Å². The average Bonchev–Trinajstić information content (AvgIpc) is 2.49. The minimum absolute atomic E-state index is 0.107. The van der Waals surface area contributed by atoms with Crippen molar-refractivity contribution in [3.63, 3.8) is 0 Å². The molecule has 21 heavy (non-hydrogen) atoms. The van der Waals surface area contributed by atoms with Gasteiger partial charge in [0.05, 0.1) is 11.3 Å². The molecular formula is C16H24ClN3O. The number of hydrazine groups is 1. The van der Waals surface area contributed by atoms with E-state index < -0.39 is 0 Å². The number of amides is 1. The van der Waals surface area contributed by atoms with Crippen LogP contribution in [0, 0.1) is 5.92 Å². The lowest BCUT2D eigenvalue weighted by Gasteiger charge is -2.29. The zero-order chi connectivity index (χ0) is 15.2. The molecular weight excluding hydrogens is 286 g/mol. The summed E-state index contributed by atoms with van der Waals surface area (Å²) < 4.78 is 0. The monoisotopic (exact) mass is 309 g/mol. The summed E-state index contributed by atoms with van der Waals surface area (Å²) >= 11 is 5.97. The van der Waals surface area contributed by atoms with E-state index >= 15 is 0 Å². The molecule has 0 saturated heterocycles. The van der Waals surface area contributed by atoms with E-state index in [1.165, 1.54) is 25.7 Å². The Balaban J connectivity index is 1.95. The van der Waals surface area contributed by atoms with Crippen LogP contribution in [0.5, 0.6) is 0 Å². The van der Waals surface area contributed by atoms with Crippen LogP contribution in [0.2, 0.25) is 5.02 Å². The number of benzene rings is 1. The van der Waals surface area contributed by atoms with Gasteiger partial charge in [0.25, 0.3) is 5.91 Å². The summed E-state index contributed by atoms with van der Waals surface area (Å²) in [6.07, 6.45) is 7.07. The van der Waals surface area contributed by atoms with Crippen molar-refractivity contribution in [1.29, 1.82) is 0 Å². The van der Waals surface area contributed by atoms with Gasteiger partial charge in [0.15, 0.2) is 0 Å². The van der Waals surface area contributed by atoms with Gasteiger partial charge in [0.2, 0.25) is 0 Å². The molecule has 4 nitrogen and oxygen atoms in total. The van der Waals surface area contributed by atoms with E-state index in [-0.39, 0.29) is 11.9 Å². The fraction of sp³-hybridized carbons (Fsp3) is 0.562. The lowest BCUT2D eigenvalue weighted by Crippen LogP contribution is -2.38. The zero-order valence-electron chi connectivity index (χ0n) is 12.5. The Morgan fingerprint density at radius 2 is 2.05 bits per heavy atom. The van der Waals surface area contributed by atoms with Gasteiger partial charge in [-0.3, -0.25) is 10.6 Å². The van der Waals surface area contributed by atoms with Crippen LogP contribution >= 0.6 is 11.6 Å². The van der Waals surface area contributed by atoms with E-state index in [4.69, 9.17) is 17.4 Å². The molecule has 0 bridgehead atoms. The van der Waals surface area contributed by atoms with Crippen molar-refractivity contribution < 1.29 is 4.79 Å². The largest absolute Gasteiger partial charge is 0.349 e. The Kier molecular flexibility index (Phi) is 5.88. The van der Waals surface area contributed by atoms with Crippen molar-refractivity contribution in [2.24, 2.45) is 11.8 Å². The van der Waals surface area contributed by atoms with Gasteiger partial charge < -0.3 is 10.7 Å². The van der Waals surface area contributed by atoms with Crippen LogP contribution in [0.1, 0.15) is 55.8 Å². The van der Waals surface area contributed by atoms with Crippen LogP contribution in [0.3, 0.4) is 0 Å². The molecule has 0 atom stereocenters. The Hall–Kier alpha value is -1.26. The second kappa shape index (κ2) is 7.66. The van der Waals surface area contributed by atoms with Gasteiger partial charge in [-0.2, -0.15) is 0 Å². The molecule has 1 aliphatic carbocycles. The van der Waals surface area contributed by atoms with Crippen molar-refractivity contribution in [2.45, 2.75) is 51.5 Å². The van der Waals surface area contributed by atoms with Crippen molar-refractivity contribution in [1.82, 2.24) is 5.32 Å². The number of anilines is 1. The summed E-state index contributed by atoms with van der Waals surface area (Å²) in [5.74, 6) is 6.17. The van der Waals surface area contributed by atoms with Gasteiger partial charge in [0, 0.05) is 11.1 Å². The number of carbonyl (C=O) groups is 1. The first-order valence-corrected chi connectivity index (χ1v) is 8.08. The smallest absolute Gasteiger partial charge is 0.253 e. The Labute approximate surface area is 131 Å². The molecule has 0 heterocycles. The second-order valence-corrected chi connectivity index (χ2v) is 6.25. The first-order valence-electron chi connectivity index (χ1n) is 7.71. The minimum Gasteiger partial charge on any atom is -0.349 e. The van der Waals surface area contributed by atoms with Crippen molar-refractivity contribution >= 4 is 23.2 Å². The maximum Gasteiger partial charge on any atom is 0.253 e. The van der Waals surface area contributed by atoms with Gasteiger partial charge in [-0.25, -0.2) is 0 Å². The molecule has 0 radical (unpaired) electrons. The van der Waals surface area contributed by atoms with Crippen LogP contribution in [-0.2, 0) is 0 Å². The first kappa shape index (κ1) is 16.1. The van der Waals surface area contributed by atoms with Crippen LogP contribution in [0.25, 0.3) is 0 Å². The van der Waals surface area contributed by atoms with E-state index in [0.29, 0.717) is 16.3 Å². The summed E-state index contributed by atoms with van der Waals surface area (Å²) in [7, 11) is 0. The zero-order valence-corrected chi connectivity index (χ0v) is 13.2. The molecule has 0 spiro atoms. The molecule has 1 aromatic carbocycles. The SMILES string of the molecule is CCCC1CCC(NC(=O)c2cc(Cl)ccc2NN)CC1.